The molecule has 0 bridgehead atoms. The number of non-ortho nitro benzene ring substituents is 1. The second kappa shape index (κ2) is 4.44. The van der Waals surface area contributed by atoms with Crippen LogP contribution in [0.1, 0.15) is 18.1 Å². The predicted octanol–water partition coefficient (Wildman–Crippen LogP) is 1.36. The molecule has 0 heterocycles. The number of benzene rings is 1. The molecule has 1 atom stereocenters. The minimum Gasteiger partial charge on any atom is -0.508 e. The fraction of sp³-hybridized carbons (Fsp3) is 0.200. The Hall–Kier alpha value is -2.06. The zero-order valence-corrected chi connectivity index (χ0v) is 7.75. The molecule has 1 aromatic carbocycles. The van der Waals surface area contributed by atoms with Gasteiger partial charge in [-0.15, -0.1) is 12.3 Å². The Morgan fingerprint density at radius 3 is 2.80 bits per heavy atom. The van der Waals surface area contributed by atoms with Crippen LogP contribution in [0.3, 0.4) is 0 Å². The number of terminal acetylenes is 1. The van der Waals surface area contributed by atoms with Gasteiger partial charge in [0.25, 0.3) is 5.69 Å². The average molecular weight is 207 g/mol. The van der Waals surface area contributed by atoms with Crippen molar-refractivity contribution in [2.45, 2.75) is 12.5 Å². The molecule has 0 aromatic heterocycles. The van der Waals surface area contributed by atoms with Crippen LogP contribution in [0.5, 0.6) is 5.75 Å². The van der Waals surface area contributed by atoms with E-state index in [0.717, 1.165) is 18.2 Å². The second-order valence-electron chi connectivity index (χ2n) is 2.92. The first-order chi connectivity index (χ1) is 7.06. The maximum atomic E-state index is 10.4. The quantitative estimate of drug-likeness (QED) is 0.445. The van der Waals surface area contributed by atoms with Gasteiger partial charge in [-0.05, 0) is 6.07 Å². The van der Waals surface area contributed by atoms with Gasteiger partial charge in [0.2, 0.25) is 0 Å². The van der Waals surface area contributed by atoms with Gasteiger partial charge in [0.1, 0.15) is 5.75 Å². The Bertz CT molecular complexity index is 422. The van der Waals surface area contributed by atoms with Crippen LogP contribution in [0.25, 0.3) is 0 Å². The van der Waals surface area contributed by atoms with Gasteiger partial charge < -0.3 is 10.2 Å². The normalized spacial score (nSPS) is 11.7. The number of rotatable bonds is 3. The van der Waals surface area contributed by atoms with Crippen molar-refractivity contribution in [2.75, 3.05) is 0 Å². The molecule has 0 amide bonds. The molecule has 0 fully saturated rings. The molecule has 1 aromatic rings. The lowest BCUT2D eigenvalue weighted by Gasteiger charge is -2.08. The summed E-state index contributed by atoms with van der Waals surface area (Å²) in [4.78, 5) is 9.84. The highest BCUT2D eigenvalue weighted by Crippen LogP contribution is 2.29. The smallest absolute Gasteiger partial charge is 0.270 e. The first kappa shape index (κ1) is 11.0. The van der Waals surface area contributed by atoms with Crippen LogP contribution in [0, 0.1) is 22.5 Å². The summed E-state index contributed by atoms with van der Waals surface area (Å²) in [5, 5.41) is 29.3. The number of nitrogens with zero attached hydrogens (tertiary/aromatic N) is 1. The first-order valence-corrected chi connectivity index (χ1v) is 4.15. The van der Waals surface area contributed by atoms with Crippen LogP contribution in [-0.2, 0) is 0 Å². The summed E-state index contributed by atoms with van der Waals surface area (Å²) in [6.45, 7) is 0. The van der Waals surface area contributed by atoms with E-state index in [1.165, 1.54) is 0 Å². The molecule has 0 spiro atoms. The third-order valence-electron chi connectivity index (χ3n) is 1.89. The maximum absolute atomic E-state index is 10.4. The molecular weight excluding hydrogens is 198 g/mol. The fourth-order valence-corrected chi connectivity index (χ4v) is 1.14. The van der Waals surface area contributed by atoms with Crippen LogP contribution in [-0.4, -0.2) is 15.1 Å². The topological polar surface area (TPSA) is 83.6 Å². The number of phenols is 1. The van der Waals surface area contributed by atoms with Gasteiger partial charge in [0, 0.05) is 24.1 Å². The molecule has 0 aliphatic heterocycles. The number of aromatic hydroxyl groups is 1. The fourth-order valence-electron chi connectivity index (χ4n) is 1.14. The van der Waals surface area contributed by atoms with Gasteiger partial charge in [-0.2, -0.15) is 0 Å². The monoisotopic (exact) mass is 207 g/mol. The van der Waals surface area contributed by atoms with Gasteiger partial charge in [0.15, 0.2) is 0 Å². The van der Waals surface area contributed by atoms with Gasteiger partial charge in [-0.3, -0.25) is 10.1 Å². The largest absolute Gasteiger partial charge is 0.508 e. The van der Waals surface area contributed by atoms with E-state index >= 15 is 0 Å². The van der Waals surface area contributed by atoms with Crippen LogP contribution >= 0.6 is 0 Å². The highest BCUT2D eigenvalue weighted by molar-refractivity contribution is 5.44. The van der Waals surface area contributed by atoms with Crippen molar-refractivity contribution in [1.29, 1.82) is 0 Å². The summed E-state index contributed by atoms with van der Waals surface area (Å²) in [6, 6.07) is 3.42. The summed E-state index contributed by atoms with van der Waals surface area (Å²) in [5.41, 5.74) is -0.124. The molecule has 2 N–H and O–H groups in total. The van der Waals surface area contributed by atoms with Crippen LogP contribution < -0.4 is 0 Å². The Labute approximate surface area is 86.1 Å². The Kier molecular flexibility index (Phi) is 3.26. The van der Waals surface area contributed by atoms with Crippen molar-refractivity contribution in [3.8, 4) is 18.1 Å². The SMILES string of the molecule is C#CCC(O)c1cc([N+](=O)[O-])ccc1O. The van der Waals surface area contributed by atoms with Crippen molar-refractivity contribution < 1.29 is 15.1 Å². The number of hydrogen-bond donors (Lipinski definition) is 2. The van der Waals surface area contributed by atoms with Crippen molar-refractivity contribution in [3.05, 3.63) is 33.9 Å². The lowest BCUT2D eigenvalue weighted by atomic mass is 10.1. The average Bonchev–Trinajstić information content (AvgIpc) is 2.18. The number of phenolic OH excluding ortho intramolecular Hbond substituents is 1. The zero-order valence-electron chi connectivity index (χ0n) is 7.75. The van der Waals surface area contributed by atoms with Crippen LogP contribution in [0.15, 0.2) is 18.2 Å². The summed E-state index contributed by atoms with van der Waals surface area (Å²) in [5.74, 6) is 2.01. The number of aliphatic hydroxyl groups excluding tert-OH is 1. The van der Waals surface area contributed by atoms with Crippen LogP contribution in [0.2, 0.25) is 0 Å². The molecule has 5 nitrogen and oxygen atoms in total. The van der Waals surface area contributed by atoms with E-state index in [9.17, 15) is 20.3 Å². The van der Waals surface area contributed by atoms with E-state index in [-0.39, 0.29) is 23.4 Å². The Balaban J connectivity index is 3.11. The standard InChI is InChI=1S/C10H9NO4/c1-2-3-9(12)8-6-7(11(14)15)4-5-10(8)13/h1,4-6,9,12-13H,3H2. The summed E-state index contributed by atoms with van der Waals surface area (Å²) < 4.78 is 0. The minimum atomic E-state index is -1.09. The lowest BCUT2D eigenvalue weighted by Crippen LogP contribution is -1.98. The molecule has 1 unspecified atom stereocenters. The van der Waals surface area contributed by atoms with Gasteiger partial charge in [0.05, 0.1) is 11.0 Å². The van der Waals surface area contributed by atoms with Gasteiger partial charge in [-0.25, -0.2) is 0 Å². The molecule has 5 heteroatoms. The van der Waals surface area contributed by atoms with Gasteiger partial charge >= 0.3 is 0 Å². The van der Waals surface area contributed by atoms with E-state index in [1.54, 1.807) is 0 Å². The lowest BCUT2D eigenvalue weighted by molar-refractivity contribution is -0.385. The molecule has 0 saturated carbocycles. The Morgan fingerprint density at radius 1 is 1.60 bits per heavy atom. The maximum Gasteiger partial charge on any atom is 0.270 e. The predicted molar refractivity (Wildman–Crippen MR) is 53.2 cm³/mol. The molecule has 78 valence electrons. The van der Waals surface area contributed by atoms with Crippen molar-refractivity contribution in [2.24, 2.45) is 0 Å². The van der Waals surface area contributed by atoms with Gasteiger partial charge in [-0.1, -0.05) is 0 Å². The molecule has 0 aliphatic carbocycles. The summed E-state index contributed by atoms with van der Waals surface area (Å²) in [7, 11) is 0. The highest BCUT2D eigenvalue weighted by atomic mass is 16.6. The second-order valence-corrected chi connectivity index (χ2v) is 2.92. The van der Waals surface area contributed by atoms with E-state index in [4.69, 9.17) is 6.42 Å². The number of nitro groups is 1. The molecule has 0 saturated heterocycles. The number of aliphatic hydroxyl groups is 1. The third kappa shape index (κ3) is 2.45. The number of hydrogen-bond acceptors (Lipinski definition) is 4. The van der Waals surface area contributed by atoms with Crippen molar-refractivity contribution in [1.82, 2.24) is 0 Å². The van der Waals surface area contributed by atoms with E-state index < -0.39 is 11.0 Å². The molecule has 0 aliphatic rings. The molecule has 1 rings (SSSR count). The third-order valence-corrected chi connectivity index (χ3v) is 1.89. The first-order valence-electron chi connectivity index (χ1n) is 4.15. The molecular formula is C10H9NO4. The zero-order chi connectivity index (χ0) is 11.4. The summed E-state index contributed by atoms with van der Waals surface area (Å²) >= 11 is 0. The van der Waals surface area contributed by atoms with E-state index in [2.05, 4.69) is 5.92 Å². The van der Waals surface area contributed by atoms with E-state index in [1.807, 2.05) is 0 Å². The van der Waals surface area contributed by atoms with Crippen LogP contribution in [0.4, 0.5) is 5.69 Å². The summed E-state index contributed by atoms with van der Waals surface area (Å²) in [6.07, 6.45) is 3.90. The van der Waals surface area contributed by atoms with Crippen molar-refractivity contribution >= 4 is 5.69 Å². The Morgan fingerprint density at radius 2 is 2.27 bits per heavy atom. The van der Waals surface area contributed by atoms with Crippen molar-refractivity contribution in [3.63, 3.8) is 0 Å². The molecule has 0 radical (unpaired) electrons. The molecule has 15 heavy (non-hydrogen) atoms. The van der Waals surface area contributed by atoms with E-state index in [0.29, 0.717) is 0 Å². The number of nitro benzene ring substituents is 1. The minimum absolute atomic E-state index is 0.00523. The highest BCUT2D eigenvalue weighted by Gasteiger charge is 2.15.